The molecule has 3 rings (SSSR count). The molecule has 0 saturated carbocycles. The van der Waals surface area contributed by atoms with Gasteiger partial charge in [-0.1, -0.05) is 26.0 Å². The van der Waals surface area contributed by atoms with Crippen LogP contribution in [-0.4, -0.2) is 50.8 Å². The van der Waals surface area contributed by atoms with Gasteiger partial charge in [0.2, 0.25) is 5.82 Å². The van der Waals surface area contributed by atoms with E-state index >= 15 is 4.39 Å². The molecule has 0 spiro atoms. The van der Waals surface area contributed by atoms with Crippen molar-refractivity contribution in [3.05, 3.63) is 86.5 Å². The Morgan fingerprint density at radius 2 is 1.68 bits per heavy atom. The molecule has 41 heavy (non-hydrogen) atoms. The van der Waals surface area contributed by atoms with Crippen molar-refractivity contribution in [2.45, 2.75) is 40.5 Å². The average molecular weight is 570 g/mol. The molecule has 1 aliphatic heterocycles. The average Bonchev–Trinajstić information content (AvgIpc) is 2.91. The first-order valence-corrected chi connectivity index (χ1v) is 13.1. The number of esters is 2. The summed E-state index contributed by atoms with van der Waals surface area (Å²) in [5.41, 5.74) is 0.0490. The molecule has 0 fully saturated rings. The summed E-state index contributed by atoms with van der Waals surface area (Å²) in [5, 5.41) is 14.4. The fourth-order valence-electron chi connectivity index (χ4n) is 4.94. The number of carbonyl (C=O) groups excluding carboxylic acids is 2. The number of nitro benzene ring substituents is 1. The third-order valence-electron chi connectivity index (χ3n) is 6.75. The number of carbonyl (C=O) groups is 2. The summed E-state index contributed by atoms with van der Waals surface area (Å²) < 4.78 is 31.7. The van der Waals surface area contributed by atoms with Crippen molar-refractivity contribution in [2.24, 2.45) is 5.41 Å². The Morgan fingerprint density at radius 1 is 1.07 bits per heavy atom. The molecular weight excluding hydrogens is 533 g/mol. The topological polar surface area (TPSA) is 120 Å². The van der Waals surface area contributed by atoms with Crippen LogP contribution in [0.25, 0.3) is 0 Å². The van der Waals surface area contributed by atoms with Gasteiger partial charge in [0.1, 0.15) is 5.75 Å². The molecule has 1 atom stereocenters. The lowest BCUT2D eigenvalue weighted by molar-refractivity contribution is -0.387. The van der Waals surface area contributed by atoms with Crippen LogP contribution in [-0.2, 0) is 19.1 Å². The van der Waals surface area contributed by atoms with Gasteiger partial charge in [-0.15, -0.1) is 0 Å². The number of nitro groups is 1. The fraction of sp³-hybridized carbons (Fsp3) is 0.400. The number of hydrogen-bond donors (Lipinski definition) is 1. The van der Waals surface area contributed by atoms with E-state index in [1.807, 2.05) is 57.0 Å². The molecule has 0 aromatic heterocycles. The Morgan fingerprint density at radius 3 is 2.24 bits per heavy atom. The number of dihydropyridines is 1. The van der Waals surface area contributed by atoms with Gasteiger partial charge in [-0.05, 0) is 45.0 Å². The molecule has 0 amide bonds. The van der Waals surface area contributed by atoms with E-state index < -0.39 is 39.7 Å². The maximum atomic E-state index is 15.5. The highest BCUT2D eigenvalue weighted by molar-refractivity contribution is 6.00. The lowest BCUT2D eigenvalue weighted by atomic mass is 9.80. The van der Waals surface area contributed by atoms with E-state index in [2.05, 4.69) is 5.32 Å². The van der Waals surface area contributed by atoms with Gasteiger partial charge in [0, 0.05) is 47.7 Å². The van der Waals surface area contributed by atoms with E-state index in [4.69, 9.17) is 14.2 Å². The van der Waals surface area contributed by atoms with Gasteiger partial charge < -0.3 is 24.4 Å². The Balaban J connectivity index is 1.89. The van der Waals surface area contributed by atoms with E-state index in [9.17, 15) is 19.7 Å². The Bertz CT molecular complexity index is 1380. The van der Waals surface area contributed by atoms with E-state index in [1.165, 1.54) is 12.1 Å². The number of rotatable bonds is 11. The maximum Gasteiger partial charge on any atom is 0.336 e. The first kappa shape index (κ1) is 31.1. The van der Waals surface area contributed by atoms with Crippen LogP contribution in [0.15, 0.2) is 65.0 Å². The van der Waals surface area contributed by atoms with Crippen LogP contribution in [0.5, 0.6) is 5.75 Å². The number of methoxy groups -OCH3 is 1. The molecule has 0 bridgehead atoms. The Labute approximate surface area is 238 Å². The predicted molar refractivity (Wildman–Crippen MR) is 152 cm³/mol. The molecule has 1 N–H and O–H groups in total. The fourth-order valence-corrected chi connectivity index (χ4v) is 4.94. The van der Waals surface area contributed by atoms with Crippen LogP contribution in [0, 0.1) is 21.3 Å². The van der Waals surface area contributed by atoms with Gasteiger partial charge >= 0.3 is 17.6 Å². The molecule has 1 unspecified atom stereocenters. The molecule has 1 aliphatic rings. The van der Waals surface area contributed by atoms with Gasteiger partial charge in [-0.2, -0.15) is 4.39 Å². The summed E-state index contributed by atoms with van der Waals surface area (Å²) in [7, 11) is 3.09. The number of benzene rings is 2. The number of allylic oxidation sites excluding steroid dienone is 2. The van der Waals surface area contributed by atoms with Crippen LogP contribution in [0.2, 0.25) is 0 Å². The Kier molecular flexibility index (Phi) is 9.75. The second-order valence-electron chi connectivity index (χ2n) is 10.6. The van der Waals surface area contributed by atoms with Crippen molar-refractivity contribution in [1.29, 1.82) is 0 Å². The smallest absolute Gasteiger partial charge is 0.336 e. The second-order valence-corrected chi connectivity index (χ2v) is 10.6. The summed E-state index contributed by atoms with van der Waals surface area (Å²) in [6.45, 7) is 10.1. The highest BCUT2D eigenvalue weighted by atomic mass is 19.1. The van der Waals surface area contributed by atoms with Gasteiger partial charge in [-0.3, -0.25) is 10.1 Å². The van der Waals surface area contributed by atoms with E-state index in [0.717, 1.165) is 24.6 Å². The summed E-state index contributed by atoms with van der Waals surface area (Å²) in [5.74, 6) is -3.25. The number of nitrogens with zero attached hydrogens (tertiary/aromatic N) is 2. The molecule has 220 valence electrons. The van der Waals surface area contributed by atoms with Crippen molar-refractivity contribution in [1.82, 2.24) is 5.32 Å². The van der Waals surface area contributed by atoms with Gasteiger partial charge in [-0.25, -0.2) is 9.59 Å². The zero-order chi connectivity index (χ0) is 30.5. The predicted octanol–water partition coefficient (Wildman–Crippen LogP) is 5.25. The third-order valence-corrected chi connectivity index (χ3v) is 6.75. The summed E-state index contributed by atoms with van der Waals surface area (Å²) in [6.07, 6.45) is 0. The van der Waals surface area contributed by atoms with Crippen LogP contribution in [0.4, 0.5) is 15.8 Å². The largest absolute Gasteiger partial charge is 0.494 e. The normalized spacial score (nSPS) is 15.3. The van der Waals surface area contributed by atoms with Crippen LogP contribution in [0.3, 0.4) is 0 Å². The lowest BCUT2D eigenvalue weighted by Crippen LogP contribution is -2.37. The molecule has 2 aromatic rings. The third kappa shape index (κ3) is 7.03. The number of halogens is 1. The molecule has 0 radical (unpaired) electrons. The van der Waals surface area contributed by atoms with Crippen molar-refractivity contribution in [3.63, 3.8) is 0 Å². The molecule has 1 heterocycles. The number of anilines is 1. The monoisotopic (exact) mass is 569 g/mol. The van der Waals surface area contributed by atoms with E-state index in [1.54, 1.807) is 13.8 Å². The molecule has 0 saturated heterocycles. The number of nitrogens with one attached hydrogen (secondary N) is 1. The quantitative estimate of drug-likeness (QED) is 0.220. The standard InChI is InChI=1S/C30H36FN3O7/c1-8-40-21-14-12-20(13-15-21)33(6)16-30(4,5)17-41-29(36)25-19(3)32-18(2)24(28(35)39-7)26(25)22-10-9-11-23(27(22)31)34(37)38/h9-15,26,32H,8,16-17H2,1-7H3. The van der Waals surface area contributed by atoms with Crippen molar-refractivity contribution >= 4 is 23.3 Å². The lowest BCUT2D eigenvalue weighted by Gasteiger charge is -2.33. The van der Waals surface area contributed by atoms with E-state index in [-0.39, 0.29) is 23.3 Å². The van der Waals surface area contributed by atoms with Gasteiger partial charge in [0.25, 0.3) is 0 Å². The van der Waals surface area contributed by atoms with Crippen molar-refractivity contribution in [2.75, 3.05) is 38.8 Å². The zero-order valence-electron chi connectivity index (χ0n) is 24.4. The number of ether oxygens (including phenoxy) is 3. The SMILES string of the molecule is CCOc1ccc(N(C)CC(C)(C)COC(=O)C2=C(C)NC(C)=C(C(=O)OC)C2c2cccc([N+](=O)[O-])c2F)cc1. The first-order valence-electron chi connectivity index (χ1n) is 13.1. The number of hydrogen-bond acceptors (Lipinski definition) is 9. The van der Waals surface area contributed by atoms with Crippen LogP contribution in [0.1, 0.15) is 46.1 Å². The summed E-state index contributed by atoms with van der Waals surface area (Å²) in [6, 6.07) is 11.3. The minimum absolute atomic E-state index is 0.00434. The molecule has 2 aromatic carbocycles. The Hall–Kier alpha value is -4.41. The van der Waals surface area contributed by atoms with Crippen molar-refractivity contribution < 1.29 is 33.1 Å². The van der Waals surface area contributed by atoms with Crippen LogP contribution < -0.4 is 15.0 Å². The molecule has 0 aliphatic carbocycles. The minimum atomic E-state index is -1.29. The zero-order valence-corrected chi connectivity index (χ0v) is 24.4. The minimum Gasteiger partial charge on any atom is -0.494 e. The van der Waals surface area contributed by atoms with E-state index in [0.29, 0.717) is 24.5 Å². The summed E-state index contributed by atoms with van der Waals surface area (Å²) >= 11 is 0. The van der Waals surface area contributed by atoms with Gasteiger partial charge in [0.15, 0.2) is 0 Å². The maximum absolute atomic E-state index is 15.5. The highest BCUT2D eigenvalue weighted by Crippen LogP contribution is 2.42. The second kappa shape index (κ2) is 12.8. The van der Waals surface area contributed by atoms with Crippen LogP contribution >= 0.6 is 0 Å². The molecule has 11 heteroatoms. The van der Waals surface area contributed by atoms with Gasteiger partial charge in [0.05, 0.1) is 42.3 Å². The molecular formula is C30H36FN3O7. The summed E-state index contributed by atoms with van der Waals surface area (Å²) in [4.78, 5) is 39.1. The first-order chi connectivity index (χ1) is 19.3. The van der Waals surface area contributed by atoms with Crippen molar-refractivity contribution in [3.8, 4) is 5.75 Å². The molecule has 10 nitrogen and oxygen atoms in total. The highest BCUT2D eigenvalue weighted by Gasteiger charge is 2.41.